The summed E-state index contributed by atoms with van der Waals surface area (Å²) in [7, 11) is 0. The lowest BCUT2D eigenvalue weighted by atomic mass is 10.0. The maximum Gasteiger partial charge on any atom is 0.252 e. The number of nitrogens with one attached hydrogen (secondary N) is 1. The Bertz CT molecular complexity index is 1560. The molecule has 0 saturated carbocycles. The van der Waals surface area contributed by atoms with Crippen LogP contribution in [0.4, 0.5) is 11.6 Å². The van der Waals surface area contributed by atoms with E-state index in [4.69, 9.17) is 9.97 Å². The molecule has 0 spiro atoms. The van der Waals surface area contributed by atoms with E-state index in [0.29, 0.717) is 24.2 Å². The third-order valence-electron chi connectivity index (χ3n) is 7.32. The number of fused-ring (bicyclic) bond motifs is 1. The number of hydrogen-bond donors (Lipinski definition) is 1. The number of benzene rings is 3. The summed E-state index contributed by atoms with van der Waals surface area (Å²) in [5.41, 5.74) is 5.28. The molecule has 0 unspecified atom stereocenters. The van der Waals surface area contributed by atoms with Crippen molar-refractivity contribution in [3.8, 4) is 11.1 Å². The summed E-state index contributed by atoms with van der Waals surface area (Å²) < 4.78 is 1.79. The zero-order chi connectivity index (χ0) is 25.7. The molecule has 1 fully saturated rings. The smallest absolute Gasteiger partial charge is 0.252 e. The van der Waals surface area contributed by atoms with Gasteiger partial charge in [-0.25, -0.2) is 4.98 Å². The van der Waals surface area contributed by atoms with Gasteiger partial charge in [0.2, 0.25) is 5.95 Å². The summed E-state index contributed by atoms with van der Waals surface area (Å²) in [6, 6.07) is 33.0. The Balaban J connectivity index is 1.31. The highest BCUT2D eigenvalue weighted by Gasteiger charge is 2.25. The first kappa shape index (κ1) is 24.1. The van der Waals surface area contributed by atoms with Crippen molar-refractivity contribution in [2.24, 2.45) is 0 Å². The molecule has 6 rings (SSSR count). The molecule has 0 amide bonds. The molecule has 1 aliphatic heterocycles. The first-order valence-electron chi connectivity index (χ1n) is 13.3. The maximum atomic E-state index is 13.0. The lowest BCUT2D eigenvalue weighted by Gasteiger charge is -2.34. The van der Waals surface area contributed by atoms with Crippen LogP contribution in [0.1, 0.15) is 18.4 Å². The van der Waals surface area contributed by atoms with Gasteiger partial charge >= 0.3 is 0 Å². The van der Waals surface area contributed by atoms with Crippen molar-refractivity contribution in [1.29, 1.82) is 0 Å². The minimum Gasteiger partial charge on any atom is -0.317 e. The van der Waals surface area contributed by atoms with Crippen molar-refractivity contribution in [2.45, 2.75) is 31.8 Å². The van der Waals surface area contributed by atoms with E-state index in [1.54, 1.807) is 10.6 Å². The highest BCUT2D eigenvalue weighted by molar-refractivity contribution is 5.76. The van der Waals surface area contributed by atoms with Crippen LogP contribution in [0, 0.1) is 0 Å². The Morgan fingerprint density at radius 2 is 1.50 bits per heavy atom. The Labute approximate surface area is 222 Å². The minimum atomic E-state index is -0.0452. The van der Waals surface area contributed by atoms with E-state index in [0.717, 1.165) is 43.4 Å². The number of piperidine rings is 1. The van der Waals surface area contributed by atoms with Crippen LogP contribution in [-0.2, 0) is 13.0 Å². The van der Waals surface area contributed by atoms with E-state index in [2.05, 4.69) is 70.9 Å². The fraction of sp³-hybridized carbons (Fsp3) is 0.219. The van der Waals surface area contributed by atoms with E-state index in [1.807, 2.05) is 36.5 Å². The molecule has 0 atom stereocenters. The van der Waals surface area contributed by atoms with Crippen molar-refractivity contribution >= 4 is 22.7 Å². The highest BCUT2D eigenvalue weighted by atomic mass is 16.1. The molecule has 2 aromatic heterocycles. The van der Waals surface area contributed by atoms with Crippen molar-refractivity contribution in [2.75, 3.05) is 18.0 Å². The van der Waals surface area contributed by atoms with Gasteiger partial charge in [-0.3, -0.25) is 9.36 Å². The molecule has 6 nitrogen and oxygen atoms in total. The van der Waals surface area contributed by atoms with Gasteiger partial charge in [-0.15, -0.1) is 0 Å². The highest BCUT2D eigenvalue weighted by Crippen LogP contribution is 2.29. The van der Waals surface area contributed by atoms with Gasteiger partial charge in [-0.2, -0.15) is 4.98 Å². The van der Waals surface area contributed by atoms with Crippen LogP contribution in [0.25, 0.3) is 22.2 Å². The SMILES string of the molecule is O=c1ccc2cnc(N(c3ccccc3)C3CCNCC3)nc2n1CCc1ccc(-c2ccccc2)cc1. The van der Waals surface area contributed by atoms with Gasteiger partial charge in [0.1, 0.15) is 5.65 Å². The monoisotopic (exact) mass is 501 g/mol. The van der Waals surface area contributed by atoms with Crippen LogP contribution < -0.4 is 15.8 Å². The molecule has 0 aliphatic carbocycles. The Morgan fingerprint density at radius 1 is 0.816 bits per heavy atom. The van der Waals surface area contributed by atoms with E-state index in [-0.39, 0.29) is 5.56 Å². The quantitative estimate of drug-likeness (QED) is 0.315. The third-order valence-corrected chi connectivity index (χ3v) is 7.32. The van der Waals surface area contributed by atoms with Crippen molar-refractivity contribution in [3.63, 3.8) is 0 Å². The number of hydrogen-bond acceptors (Lipinski definition) is 5. The minimum absolute atomic E-state index is 0.0452. The van der Waals surface area contributed by atoms with Crippen LogP contribution in [0.2, 0.25) is 0 Å². The zero-order valence-electron chi connectivity index (χ0n) is 21.3. The van der Waals surface area contributed by atoms with Crippen LogP contribution in [-0.4, -0.2) is 33.7 Å². The molecule has 3 aromatic carbocycles. The van der Waals surface area contributed by atoms with E-state index >= 15 is 0 Å². The zero-order valence-corrected chi connectivity index (χ0v) is 21.3. The van der Waals surface area contributed by atoms with Gasteiger partial charge < -0.3 is 10.2 Å². The average molecular weight is 502 g/mol. The average Bonchev–Trinajstić information content (AvgIpc) is 2.99. The summed E-state index contributed by atoms with van der Waals surface area (Å²) in [5, 5.41) is 4.32. The molecule has 1 saturated heterocycles. The summed E-state index contributed by atoms with van der Waals surface area (Å²) in [6.07, 6.45) is 4.61. The first-order valence-corrected chi connectivity index (χ1v) is 13.3. The lowest BCUT2D eigenvalue weighted by Crippen LogP contribution is -2.41. The fourth-order valence-electron chi connectivity index (χ4n) is 5.27. The van der Waals surface area contributed by atoms with Crippen LogP contribution in [0.15, 0.2) is 108 Å². The lowest BCUT2D eigenvalue weighted by molar-refractivity contribution is 0.449. The summed E-state index contributed by atoms with van der Waals surface area (Å²) in [4.78, 5) is 25.0. The summed E-state index contributed by atoms with van der Waals surface area (Å²) in [6.45, 7) is 2.49. The Hall–Kier alpha value is -4.29. The second-order valence-electron chi connectivity index (χ2n) is 9.77. The third kappa shape index (κ3) is 5.08. The van der Waals surface area contributed by atoms with Crippen LogP contribution in [0.5, 0.6) is 0 Å². The van der Waals surface area contributed by atoms with Gasteiger partial charge in [-0.05, 0) is 67.2 Å². The number of pyridine rings is 1. The number of anilines is 2. The topological polar surface area (TPSA) is 63.1 Å². The predicted molar refractivity (Wildman–Crippen MR) is 154 cm³/mol. The van der Waals surface area contributed by atoms with Gasteiger partial charge in [-0.1, -0.05) is 72.8 Å². The molecule has 6 heteroatoms. The number of nitrogens with zero attached hydrogens (tertiary/aromatic N) is 4. The molecular formula is C32H31N5O. The second-order valence-corrected chi connectivity index (χ2v) is 9.77. The number of rotatable bonds is 7. The molecule has 1 aliphatic rings. The number of aryl methyl sites for hydroxylation is 2. The summed E-state index contributed by atoms with van der Waals surface area (Å²) in [5.74, 6) is 0.641. The normalized spacial score (nSPS) is 14.0. The molecule has 0 radical (unpaired) electrons. The molecule has 190 valence electrons. The maximum absolute atomic E-state index is 13.0. The number of para-hydroxylation sites is 1. The fourth-order valence-corrected chi connectivity index (χ4v) is 5.27. The van der Waals surface area contributed by atoms with Crippen LogP contribution in [0.3, 0.4) is 0 Å². The van der Waals surface area contributed by atoms with Crippen LogP contribution >= 0.6 is 0 Å². The summed E-state index contributed by atoms with van der Waals surface area (Å²) >= 11 is 0. The molecule has 0 bridgehead atoms. The van der Waals surface area contributed by atoms with Crippen molar-refractivity contribution in [3.05, 3.63) is 119 Å². The van der Waals surface area contributed by atoms with E-state index in [9.17, 15) is 4.79 Å². The van der Waals surface area contributed by atoms with Gasteiger partial charge in [0.25, 0.3) is 5.56 Å². The van der Waals surface area contributed by atoms with E-state index in [1.165, 1.54) is 16.7 Å². The largest absolute Gasteiger partial charge is 0.317 e. The second kappa shape index (κ2) is 11.0. The van der Waals surface area contributed by atoms with Gasteiger partial charge in [0.05, 0.1) is 0 Å². The van der Waals surface area contributed by atoms with Gasteiger partial charge in [0, 0.05) is 35.9 Å². The molecular weight excluding hydrogens is 470 g/mol. The van der Waals surface area contributed by atoms with Crippen molar-refractivity contribution < 1.29 is 0 Å². The molecule has 38 heavy (non-hydrogen) atoms. The van der Waals surface area contributed by atoms with Gasteiger partial charge in [0.15, 0.2) is 0 Å². The standard InChI is InChI=1S/C32H31N5O/c38-30-16-15-27-23-34-32(37(28-9-5-2-6-10-28)29-17-20-33-21-18-29)35-31(27)36(30)22-19-24-11-13-26(14-12-24)25-7-3-1-4-8-25/h1-16,23,29,33H,17-22H2. The Morgan fingerprint density at radius 3 is 2.24 bits per heavy atom. The van der Waals surface area contributed by atoms with E-state index < -0.39 is 0 Å². The molecule has 1 N–H and O–H groups in total. The molecule has 3 heterocycles. The first-order chi connectivity index (χ1) is 18.8. The van der Waals surface area contributed by atoms with Crippen molar-refractivity contribution in [1.82, 2.24) is 19.9 Å². The number of aromatic nitrogens is 3. The predicted octanol–water partition coefficient (Wildman–Crippen LogP) is 5.59. The Kier molecular flexibility index (Phi) is 6.96. The molecule has 5 aromatic rings.